The molecule has 0 aliphatic heterocycles. The van der Waals surface area contributed by atoms with Gasteiger partial charge in [0.05, 0.1) is 18.1 Å². The van der Waals surface area contributed by atoms with Gasteiger partial charge in [-0.2, -0.15) is 0 Å². The van der Waals surface area contributed by atoms with Crippen molar-refractivity contribution in [2.24, 2.45) is 0 Å². The molecule has 0 bridgehead atoms. The van der Waals surface area contributed by atoms with Crippen LogP contribution >= 0.6 is 12.2 Å². The van der Waals surface area contributed by atoms with Gasteiger partial charge in [0.25, 0.3) is 0 Å². The highest BCUT2D eigenvalue weighted by atomic mass is 32.1. The first-order chi connectivity index (χ1) is 3.43. The summed E-state index contributed by atoms with van der Waals surface area (Å²) in [6, 6.07) is 0. The first kappa shape index (κ1) is 5.19. The van der Waals surface area contributed by atoms with Crippen LogP contribution in [0.4, 0.5) is 0 Å². The Bertz CT molecular complexity index is 68.5. The van der Waals surface area contributed by atoms with E-state index in [1.54, 1.807) is 0 Å². The molecule has 0 aromatic heterocycles. The Balaban J connectivity index is 1.88. The Hall–Kier alpha value is 0.0500. The third kappa shape index (κ3) is 2.00. The maximum absolute atomic E-state index is 5.09. The first-order valence-corrected chi connectivity index (χ1v) is 2.81. The predicted molar refractivity (Wildman–Crippen MR) is 31.6 cm³/mol. The minimum absolute atomic E-state index is 0.524. The molecule has 2 heteroatoms. The van der Waals surface area contributed by atoms with Gasteiger partial charge in [0.15, 0.2) is 0 Å². The first-order valence-electron chi connectivity index (χ1n) is 2.40. The van der Waals surface area contributed by atoms with Gasteiger partial charge in [0.1, 0.15) is 0 Å². The van der Waals surface area contributed by atoms with E-state index in [2.05, 4.69) is 17.6 Å². The molecule has 1 radical (unpaired) electrons. The molecule has 0 spiro atoms. The lowest BCUT2D eigenvalue weighted by atomic mass is 10.8. The second kappa shape index (κ2) is 2.38. The minimum atomic E-state index is 0.524. The highest BCUT2D eigenvalue weighted by Gasteiger charge is 2.20. The minimum Gasteiger partial charge on any atom is -0.373 e. The Labute approximate surface area is 48.7 Å². The van der Waals surface area contributed by atoms with Crippen molar-refractivity contribution in [3.63, 3.8) is 0 Å². The number of hydrogen-bond donors (Lipinski definition) is 0. The molecule has 0 unspecified atom stereocenters. The number of ether oxygens (including phenoxy) is 1. The van der Waals surface area contributed by atoms with Crippen LogP contribution in [0.1, 0.15) is 12.8 Å². The zero-order valence-electron chi connectivity index (χ0n) is 4.02. The van der Waals surface area contributed by atoms with E-state index < -0.39 is 0 Å². The quantitative estimate of drug-likeness (QED) is 0.508. The average molecular weight is 115 g/mol. The normalized spacial score (nSPS) is 19.4. The van der Waals surface area contributed by atoms with Crippen molar-refractivity contribution in [2.75, 3.05) is 6.61 Å². The smallest absolute Gasteiger partial charge is 0.0833 e. The molecule has 1 nitrogen and oxygen atoms in total. The number of thiocarbonyl (C=S) groups is 1. The second-order valence-corrected chi connectivity index (χ2v) is 1.94. The van der Waals surface area contributed by atoms with Gasteiger partial charge in [0.2, 0.25) is 0 Å². The number of hydrogen-bond acceptors (Lipinski definition) is 2. The van der Waals surface area contributed by atoms with E-state index in [9.17, 15) is 0 Å². The maximum atomic E-state index is 5.09. The molecule has 1 rings (SSSR count). The molecule has 1 aliphatic rings. The molecule has 1 saturated carbocycles. The van der Waals surface area contributed by atoms with Gasteiger partial charge in [-0.1, -0.05) is 12.2 Å². The largest absolute Gasteiger partial charge is 0.373 e. The van der Waals surface area contributed by atoms with Crippen LogP contribution in [0.15, 0.2) is 0 Å². The molecular weight excluding hydrogens is 108 g/mol. The summed E-state index contributed by atoms with van der Waals surface area (Å²) in [6.45, 7) is 0.528. The van der Waals surface area contributed by atoms with Crippen LogP contribution in [0.3, 0.4) is 0 Å². The van der Waals surface area contributed by atoms with Crippen LogP contribution < -0.4 is 0 Å². The van der Waals surface area contributed by atoms with Crippen molar-refractivity contribution in [2.45, 2.75) is 18.9 Å². The zero-order valence-corrected chi connectivity index (χ0v) is 4.83. The Morgan fingerprint density at radius 2 is 2.43 bits per heavy atom. The Morgan fingerprint density at radius 1 is 1.71 bits per heavy atom. The van der Waals surface area contributed by atoms with E-state index in [1.807, 2.05) is 0 Å². The van der Waals surface area contributed by atoms with Gasteiger partial charge in [-0.15, -0.1) is 0 Å². The highest BCUT2D eigenvalue weighted by molar-refractivity contribution is 7.79. The fourth-order valence-corrected chi connectivity index (χ4v) is 0.455. The van der Waals surface area contributed by atoms with Crippen molar-refractivity contribution in [3.05, 3.63) is 0 Å². The molecule has 0 aromatic carbocycles. The molecule has 0 heterocycles. The molecule has 0 aromatic rings. The van der Waals surface area contributed by atoms with Crippen LogP contribution in [-0.4, -0.2) is 18.1 Å². The lowest BCUT2D eigenvalue weighted by Crippen LogP contribution is -1.94. The molecule has 0 N–H and O–H groups in total. The molecule has 1 aliphatic carbocycles. The van der Waals surface area contributed by atoms with Crippen LogP contribution in [0.2, 0.25) is 0 Å². The topological polar surface area (TPSA) is 9.23 Å². The lowest BCUT2D eigenvalue weighted by Gasteiger charge is -1.89. The second-order valence-electron chi connectivity index (χ2n) is 1.65. The third-order valence-electron chi connectivity index (χ3n) is 0.902. The van der Waals surface area contributed by atoms with E-state index in [-0.39, 0.29) is 0 Å². The van der Waals surface area contributed by atoms with Gasteiger partial charge in [-0.05, 0) is 12.8 Å². The van der Waals surface area contributed by atoms with Crippen LogP contribution in [0.25, 0.3) is 0 Å². The zero-order chi connectivity index (χ0) is 5.11. The summed E-state index contributed by atoms with van der Waals surface area (Å²) in [7, 11) is 0. The lowest BCUT2D eigenvalue weighted by molar-refractivity contribution is 0.160. The van der Waals surface area contributed by atoms with Gasteiger partial charge in [-0.25, -0.2) is 0 Å². The van der Waals surface area contributed by atoms with Crippen molar-refractivity contribution < 1.29 is 4.74 Å². The molecular formula is C5H7OS. The summed E-state index contributed by atoms with van der Waals surface area (Å²) < 4.78 is 5.09. The molecule has 1 fully saturated rings. The summed E-state index contributed by atoms with van der Waals surface area (Å²) in [4.78, 5) is 0. The van der Waals surface area contributed by atoms with Crippen molar-refractivity contribution >= 4 is 17.6 Å². The van der Waals surface area contributed by atoms with Gasteiger partial charge < -0.3 is 4.74 Å². The fraction of sp³-hybridized carbons (Fsp3) is 0.800. The van der Waals surface area contributed by atoms with E-state index in [4.69, 9.17) is 4.74 Å². The average Bonchev–Trinajstić information content (AvgIpc) is 2.42. The maximum Gasteiger partial charge on any atom is 0.0833 e. The molecule has 39 valence electrons. The van der Waals surface area contributed by atoms with Crippen LogP contribution in [0, 0.1) is 0 Å². The summed E-state index contributed by atoms with van der Waals surface area (Å²) in [6.07, 6.45) is 2.96. The molecule has 0 atom stereocenters. The van der Waals surface area contributed by atoms with Crippen molar-refractivity contribution in [1.82, 2.24) is 0 Å². The van der Waals surface area contributed by atoms with Crippen LogP contribution in [-0.2, 0) is 4.74 Å². The van der Waals surface area contributed by atoms with Crippen molar-refractivity contribution in [1.29, 1.82) is 0 Å². The van der Waals surface area contributed by atoms with E-state index >= 15 is 0 Å². The van der Waals surface area contributed by atoms with Gasteiger partial charge in [0, 0.05) is 0 Å². The van der Waals surface area contributed by atoms with Gasteiger partial charge >= 0.3 is 0 Å². The fourth-order valence-electron chi connectivity index (χ4n) is 0.387. The molecule has 0 saturated heterocycles. The summed E-state index contributed by atoms with van der Waals surface area (Å²) in [5.41, 5.74) is 0. The Morgan fingerprint density at radius 3 is 2.86 bits per heavy atom. The molecule has 7 heavy (non-hydrogen) atoms. The van der Waals surface area contributed by atoms with Crippen LogP contribution in [0.5, 0.6) is 0 Å². The SMILES string of the molecule is S=[C]COC1CC1. The molecule has 0 amide bonds. The van der Waals surface area contributed by atoms with Gasteiger partial charge in [-0.3, -0.25) is 0 Å². The highest BCUT2D eigenvalue weighted by Crippen LogP contribution is 2.22. The number of rotatable bonds is 3. The predicted octanol–water partition coefficient (Wildman–Crippen LogP) is 1.04. The summed E-state index contributed by atoms with van der Waals surface area (Å²) >= 11 is 4.42. The van der Waals surface area contributed by atoms with E-state index in [1.165, 1.54) is 12.8 Å². The van der Waals surface area contributed by atoms with E-state index in [0.717, 1.165) is 0 Å². The van der Waals surface area contributed by atoms with E-state index in [0.29, 0.717) is 12.7 Å². The monoisotopic (exact) mass is 115 g/mol. The summed E-state index contributed by atoms with van der Waals surface area (Å²) in [5.74, 6) is 0. The van der Waals surface area contributed by atoms with Crippen molar-refractivity contribution in [3.8, 4) is 0 Å². The summed E-state index contributed by atoms with van der Waals surface area (Å²) in [5, 5.41) is 2.50. The standard InChI is InChI=1S/C5H7OS/c7-4-3-6-5-1-2-5/h5H,1-3H2. The third-order valence-corrected chi connectivity index (χ3v) is 1.02. The Kier molecular flexibility index (Phi) is 1.77.